The van der Waals surface area contributed by atoms with Gasteiger partial charge in [0.1, 0.15) is 0 Å². The Kier molecular flexibility index (Phi) is 5.69. The van der Waals surface area contributed by atoms with Gasteiger partial charge in [0.2, 0.25) is 0 Å². The number of aryl methyl sites for hydroxylation is 1. The maximum Gasteiger partial charge on any atom is 0.190 e. The smallest absolute Gasteiger partial charge is 0.190 e. The van der Waals surface area contributed by atoms with Crippen LogP contribution in [0.25, 0.3) is 0 Å². The zero-order valence-corrected chi connectivity index (χ0v) is 12.0. The summed E-state index contributed by atoms with van der Waals surface area (Å²) in [6, 6.07) is 12.5. The van der Waals surface area contributed by atoms with Crippen LogP contribution in [0, 0.1) is 11.6 Å². The van der Waals surface area contributed by atoms with Gasteiger partial charge in [0.25, 0.3) is 0 Å². The summed E-state index contributed by atoms with van der Waals surface area (Å²) >= 11 is 0. The molecule has 0 spiro atoms. The largest absolute Gasteiger partial charge is 0.488 e. The molecule has 0 saturated heterocycles. The van der Waals surface area contributed by atoms with Gasteiger partial charge < -0.3 is 10.1 Å². The topological polar surface area (TPSA) is 21.3 Å². The lowest BCUT2D eigenvalue weighted by Gasteiger charge is -2.10. The Balaban J connectivity index is 1.88. The molecule has 0 saturated carbocycles. The standard InChI is InChI=1S/C17H19F2NO/c1-20-12-14-10-15(18)17(16(19)11-14)21-9-5-8-13-6-3-2-4-7-13/h2-4,6-7,10-11,20H,5,8-9,12H2,1H3. The fourth-order valence-corrected chi connectivity index (χ4v) is 2.15. The van der Waals surface area contributed by atoms with E-state index in [1.807, 2.05) is 30.3 Å². The van der Waals surface area contributed by atoms with Crippen molar-refractivity contribution in [3.63, 3.8) is 0 Å². The predicted molar refractivity (Wildman–Crippen MR) is 79.4 cm³/mol. The Morgan fingerprint density at radius 2 is 1.67 bits per heavy atom. The number of nitrogens with one attached hydrogen (secondary N) is 1. The average Bonchev–Trinajstić information content (AvgIpc) is 2.47. The van der Waals surface area contributed by atoms with Crippen molar-refractivity contribution < 1.29 is 13.5 Å². The van der Waals surface area contributed by atoms with Crippen LogP contribution in [-0.2, 0) is 13.0 Å². The summed E-state index contributed by atoms with van der Waals surface area (Å²) in [5, 5.41) is 2.85. The van der Waals surface area contributed by atoms with E-state index in [4.69, 9.17) is 4.74 Å². The molecule has 0 bridgehead atoms. The zero-order valence-electron chi connectivity index (χ0n) is 12.0. The van der Waals surface area contributed by atoms with Crippen LogP contribution in [0.4, 0.5) is 8.78 Å². The Morgan fingerprint density at radius 3 is 2.29 bits per heavy atom. The first-order chi connectivity index (χ1) is 10.2. The summed E-state index contributed by atoms with van der Waals surface area (Å²) in [5.74, 6) is -1.59. The summed E-state index contributed by atoms with van der Waals surface area (Å²) in [5.41, 5.74) is 1.75. The Morgan fingerprint density at radius 1 is 1.00 bits per heavy atom. The normalized spacial score (nSPS) is 10.6. The van der Waals surface area contributed by atoms with Crippen molar-refractivity contribution in [3.05, 3.63) is 65.2 Å². The van der Waals surface area contributed by atoms with Crippen molar-refractivity contribution in [2.45, 2.75) is 19.4 Å². The van der Waals surface area contributed by atoms with Gasteiger partial charge in [0.15, 0.2) is 17.4 Å². The molecule has 0 unspecified atom stereocenters. The molecule has 2 aromatic rings. The highest BCUT2D eigenvalue weighted by atomic mass is 19.1. The molecule has 0 aliphatic heterocycles. The Hall–Kier alpha value is -1.94. The molecular weight excluding hydrogens is 272 g/mol. The summed E-state index contributed by atoms with van der Waals surface area (Å²) in [6.45, 7) is 0.705. The fraction of sp³-hybridized carbons (Fsp3) is 0.294. The highest BCUT2D eigenvalue weighted by Gasteiger charge is 2.12. The van der Waals surface area contributed by atoms with Crippen molar-refractivity contribution in [1.29, 1.82) is 0 Å². The number of halogens is 2. The van der Waals surface area contributed by atoms with Crippen LogP contribution in [0.3, 0.4) is 0 Å². The number of rotatable bonds is 7. The van der Waals surface area contributed by atoms with Crippen LogP contribution < -0.4 is 10.1 Å². The first-order valence-electron chi connectivity index (χ1n) is 7.00. The van der Waals surface area contributed by atoms with Crippen LogP contribution >= 0.6 is 0 Å². The molecule has 0 aliphatic carbocycles. The van der Waals surface area contributed by atoms with Gasteiger partial charge in [-0.2, -0.15) is 0 Å². The molecule has 0 fully saturated rings. The number of ether oxygens (including phenoxy) is 1. The minimum Gasteiger partial charge on any atom is -0.488 e. The second-order valence-corrected chi connectivity index (χ2v) is 4.86. The van der Waals surface area contributed by atoms with Crippen LogP contribution in [0.15, 0.2) is 42.5 Å². The van der Waals surface area contributed by atoms with E-state index in [1.54, 1.807) is 7.05 Å². The van der Waals surface area contributed by atoms with Crippen molar-refractivity contribution in [2.75, 3.05) is 13.7 Å². The predicted octanol–water partition coefficient (Wildman–Crippen LogP) is 3.70. The van der Waals surface area contributed by atoms with Gasteiger partial charge in [0, 0.05) is 6.54 Å². The van der Waals surface area contributed by atoms with Gasteiger partial charge >= 0.3 is 0 Å². The molecule has 112 valence electrons. The molecule has 21 heavy (non-hydrogen) atoms. The molecule has 2 nitrogen and oxygen atoms in total. The van der Waals surface area contributed by atoms with E-state index in [2.05, 4.69) is 5.32 Å². The van der Waals surface area contributed by atoms with Crippen LogP contribution in [0.2, 0.25) is 0 Å². The highest BCUT2D eigenvalue weighted by Crippen LogP contribution is 2.23. The van der Waals surface area contributed by atoms with E-state index >= 15 is 0 Å². The van der Waals surface area contributed by atoms with Crippen molar-refractivity contribution >= 4 is 0 Å². The molecule has 2 aromatic carbocycles. The third-order valence-electron chi connectivity index (χ3n) is 3.14. The first-order valence-corrected chi connectivity index (χ1v) is 7.00. The Bertz CT molecular complexity index is 549. The SMILES string of the molecule is CNCc1cc(F)c(OCCCc2ccccc2)c(F)c1. The molecule has 1 N–H and O–H groups in total. The lowest BCUT2D eigenvalue weighted by Crippen LogP contribution is -2.08. The van der Waals surface area contributed by atoms with Crippen molar-refractivity contribution in [1.82, 2.24) is 5.32 Å². The van der Waals surface area contributed by atoms with E-state index in [9.17, 15) is 8.78 Å². The maximum absolute atomic E-state index is 13.8. The number of benzene rings is 2. The van der Waals surface area contributed by atoms with E-state index in [-0.39, 0.29) is 12.4 Å². The molecule has 0 radical (unpaired) electrons. The minimum absolute atomic E-state index is 0.286. The summed E-state index contributed by atoms with van der Waals surface area (Å²) in [6.07, 6.45) is 1.53. The molecule has 0 amide bonds. The Labute approximate surface area is 123 Å². The monoisotopic (exact) mass is 291 g/mol. The van der Waals surface area contributed by atoms with Crippen molar-refractivity contribution in [3.8, 4) is 5.75 Å². The molecular formula is C17H19F2NO. The molecule has 0 heterocycles. The molecule has 4 heteroatoms. The lowest BCUT2D eigenvalue weighted by atomic mass is 10.1. The number of hydrogen-bond acceptors (Lipinski definition) is 2. The van der Waals surface area contributed by atoms with Crippen LogP contribution in [0.5, 0.6) is 5.75 Å². The van der Waals surface area contributed by atoms with E-state index in [0.717, 1.165) is 6.42 Å². The molecule has 0 atom stereocenters. The number of hydrogen-bond donors (Lipinski definition) is 1. The van der Waals surface area contributed by atoms with Gasteiger partial charge in [-0.25, -0.2) is 8.78 Å². The third kappa shape index (κ3) is 4.53. The van der Waals surface area contributed by atoms with Gasteiger partial charge in [-0.3, -0.25) is 0 Å². The summed E-state index contributed by atoms with van der Waals surface area (Å²) in [7, 11) is 1.73. The van der Waals surface area contributed by atoms with Crippen LogP contribution in [-0.4, -0.2) is 13.7 Å². The van der Waals surface area contributed by atoms with E-state index < -0.39 is 11.6 Å². The first kappa shape index (κ1) is 15.4. The molecule has 2 rings (SSSR count). The highest BCUT2D eigenvalue weighted by molar-refractivity contribution is 5.31. The average molecular weight is 291 g/mol. The van der Waals surface area contributed by atoms with Gasteiger partial charge in [-0.15, -0.1) is 0 Å². The molecule has 0 aliphatic rings. The second kappa shape index (κ2) is 7.74. The maximum atomic E-state index is 13.8. The van der Waals surface area contributed by atoms with Crippen molar-refractivity contribution in [2.24, 2.45) is 0 Å². The summed E-state index contributed by atoms with van der Waals surface area (Å²) < 4.78 is 32.8. The fourth-order valence-electron chi connectivity index (χ4n) is 2.15. The van der Waals surface area contributed by atoms with Crippen LogP contribution in [0.1, 0.15) is 17.5 Å². The third-order valence-corrected chi connectivity index (χ3v) is 3.14. The quantitative estimate of drug-likeness (QED) is 0.785. The van der Waals surface area contributed by atoms with E-state index in [1.165, 1.54) is 17.7 Å². The van der Waals surface area contributed by atoms with Gasteiger partial charge in [-0.05, 0) is 43.1 Å². The zero-order chi connectivity index (χ0) is 15.1. The van der Waals surface area contributed by atoms with Gasteiger partial charge in [-0.1, -0.05) is 30.3 Å². The van der Waals surface area contributed by atoms with E-state index in [0.29, 0.717) is 18.5 Å². The minimum atomic E-state index is -0.653. The lowest BCUT2D eigenvalue weighted by molar-refractivity contribution is 0.279. The molecule has 0 aromatic heterocycles. The summed E-state index contributed by atoms with van der Waals surface area (Å²) in [4.78, 5) is 0. The van der Waals surface area contributed by atoms with Gasteiger partial charge in [0.05, 0.1) is 6.61 Å². The second-order valence-electron chi connectivity index (χ2n) is 4.86.